The van der Waals surface area contributed by atoms with E-state index >= 15 is 0 Å². The number of halogens is 1. The lowest BCUT2D eigenvalue weighted by Crippen LogP contribution is -2.61. The normalized spacial score (nSPS) is 39.4. The van der Waals surface area contributed by atoms with Gasteiger partial charge < -0.3 is 83.6 Å². The number of esters is 2. The van der Waals surface area contributed by atoms with Crippen molar-refractivity contribution >= 4 is 46.7 Å². The highest BCUT2D eigenvalue weighted by molar-refractivity contribution is 6.34. The van der Waals surface area contributed by atoms with Crippen molar-refractivity contribution in [2.75, 3.05) is 78.2 Å². The summed E-state index contributed by atoms with van der Waals surface area (Å²) in [5, 5.41) is 61.7. The van der Waals surface area contributed by atoms with Gasteiger partial charge in [-0.1, -0.05) is 32.4 Å². The number of ketones is 1. The Morgan fingerprint density at radius 1 is 0.937 bits per heavy atom. The number of nitrogens with one attached hydrogen (secondary N) is 1. The number of carbonyl (C=O) groups is 4. The third-order valence-corrected chi connectivity index (χ3v) is 17.9. The molecule has 19 atom stereocenters. The molecule has 0 radical (unpaired) electrons. The second-order valence-electron chi connectivity index (χ2n) is 24.6. The van der Waals surface area contributed by atoms with Crippen LogP contribution in [0.5, 0.6) is 0 Å². The maximum Gasteiger partial charge on any atom is 0.316 e. The number of ether oxygens (including phenoxy) is 7. The molecule has 0 aromatic heterocycles. The summed E-state index contributed by atoms with van der Waals surface area (Å²) in [5.41, 5.74) is -3.19. The molecule has 0 spiro atoms. The van der Waals surface area contributed by atoms with Crippen LogP contribution in [-0.4, -0.2) is 228 Å². The number of hydrogen-bond donors (Lipinski definition) is 6. The molecule has 1 aromatic carbocycles. The number of anilines is 2. The van der Waals surface area contributed by atoms with Crippen molar-refractivity contribution in [1.29, 1.82) is 0 Å². The maximum atomic E-state index is 14.6. The zero-order valence-electron chi connectivity index (χ0n) is 49.3. The van der Waals surface area contributed by atoms with E-state index in [1.165, 1.54) is 14.0 Å². The van der Waals surface area contributed by atoms with Gasteiger partial charge in [-0.2, -0.15) is 0 Å². The summed E-state index contributed by atoms with van der Waals surface area (Å²) in [4.78, 5) is 61.3. The number of hydrogen-bond acceptors (Lipinski definition) is 20. The Labute approximate surface area is 472 Å². The number of methoxy groups -OCH3 is 1. The Morgan fingerprint density at radius 3 is 2.22 bits per heavy atom. The van der Waals surface area contributed by atoms with Crippen LogP contribution in [0.25, 0.3) is 0 Å². The number of rotatable bonds is 17. The minimum absolute atomic E-state index is 0.0195. The van der Waals surface area contributed by atoms with E-state index in [4.69, 9.17) is 44.8 Å². The number of aliphatic hydroxyl groups excluding tert-OH is 2. The van der Waals surface area contributed by atoms with Crippen molar-refractivity contribution in [1.82, 2.24) is 14.7 Å². The molecule has 5 aliphatic rings. The van der Waals surface area contributed by atoms with E-state index in [2.05, 4.69) is 5.32 Å². The number of benzene rings is 1. The second kappa shape index (κ2) is 26.5. The van der Waals surface area contributed by atoms with Gasteiger partial charge in [-0.05, 0) is 127 Å². The van der Waals surface area contributed by atoms with Gasteiger partial charge in [-0.15, -0.1) is 0 Å². The smallest absolute Gasteiger partial charge is 0.316 e. The molecule has 1 unspecified atom stereocenters. The maximum absolute atomic E-state index is 14.6. The first kappa shape index (κ1) is 64.9. The minimum atomic E-state index is -1.87. The summed E-state index contributed by atoms with van der Waals surface area (Å²) in [6.45, 7) is 19.2. The van der Waals surface area contributed by atoms with Crippen LogP contribution in [0.2, 0.25) is 5.02 Å². The number of carboxylic acids is 1. The molecule has 1 aliphatic carbocycles. The first-order chi connectivity index (χ1) is 36.8. The van der Waals surface area contributed by atoms with Gasteiger partial charge in [-0.3, -0.25) is 19.2 Å². The Hall–Kier alpha value is -3.29. The lowest BCUT2D eigenvalue weighted by atomic mass is 9.77. The lowest BCUT2D eigenvalue weighted by molar-refractivity contribution is -0.318. The number of aliphatic carboxylic acids is 1. The highest BCUT2D eigenvalue weighted by atomic mass is 35.5. The van der Waals surface area contributed by atoms with Crippen LogP contribution in [0.15, 0.2) is 12.1 Å². The Kier molecular flexibility index (Phi) is 21.8. The first-order valence-electron chi connectivity index (χ1n) is 28.4. The number of carbonyl (C=O) groups excluding carboxylic acids is 3. The standard InChI is InChI=1S/C57H94ClN5O16/c1-16-43-57(10,72)49(67)34(6)62(14)28-30(2)26-55(8,71)50(79-54-47(66)42(60(11)12)23-31(3)74-54)32(4)48(33(5)53(70)76-43)78-45-27-56(9,73-15)51(35(7)75-45)77-44(64)19-21-61(13)22-20-59-40-24-37-41(25-39(40)58)63(36-17-18-36)29-38(46(37)65)52(68)69/h24-25,30-36,38,42-43,45,47-51,54,59,66-67,71-72H,16-23,26-29H2,1-15H3,(H,68,69)/t30-,31-,32+,33-,34-,35+,38?,42+,43-,45+,47-,48+,49-,50-,51+,54+,55-,56-,57-/m1/s1. The van der Waals surface area contributed by atoms with Gasteiger partial charge in [0.2, 0.25) is 0 Å². The molecule has 0 bridgehead atoms. The summed E-state index contributed by atoms with van der Waals surface area (Å²) < 4.78 is 45.0. The molecule has 21 nitrogen and oxygen atoms in total. The molecular weight excluding hydrogens is 1050 g/mol. The van der Waals surface area contributed by atoms with E-state index < -0.39 is 120 Å². The molecule has 450 valence electrons. The fraction of sp³-hybridized carbons (Fsp3) is 0.825. The number of Topliss-reactive ketones (excluding diaryl/α,β-unsaturated/α-hetero) is 1. The number of nitrogens with zero attached hydrogens (tertiary/aromatic N) is 4. The van der Waals surface area contributed by atoms with Gasteiger partial charge in [0, 0.05) is 81.5 Å². The molecule has 6 N–H and O–H groups in total. The molecule has 3 saturated heterocycles. The predicted octanol–water partition coefficient (Wildman–Crippen LogP) is 4.40. The summed E-state index contributed by atoms with van der Waals surface area (Å²) in [7, 11) is 8.92. The van der Waals surface area contributed by atoms with E-state index in [1.807, 2.05) is 61.6 Å². The van der Waals surface area contributed by atoms with E-state index in [0.29, 0.717) is 54.6 Å². The average molecular weight is 1140 g/mol. The van der Waals surface area contributed by atoms with E-state index in [0.717, 1.165) is 12.8 Å². The van der Waals surface area contributed by atoms with Crippen LogP contribution >= 0.6 is 11.6 Å². The Balaban J connectivity index is 1.18. The zero-order chi connectivity index (χ0) is 58.8. The zero-order valence-corrected chi connectivity index (χ0v) is 50.1. The first-order valence-corrected chi connectivity index (χ1v) is 28.8. The third-order valence-electron chi connectivity index (χ3n) is 17.6. The monoisotopic (exact) mass is 1140 g/mol. The topological polar surface area (TPSA) is 259 Å². The van der Waals surface area contributed by atoms with Crippen LogP contribution in [0.1, 0.15) is 125 Å². The minimum Gasteiger partial charge on any atom is -0.481 e. The van der Waals surface area contributed by atoms with E-state index in [-0.39, 0.29) is 56.3 Å². The molecule has 1 aromatic rings. The summed E-state index contributed by atoms with van der Waals surface area (Å²) in [6.07, 6.45) is -7.30. The van der Waals surface area contributed by atoms with Crippen molar-refractivity contribution in [3.05, 3.63) is 22.7 Å². The third kappa shape index (κ3) is 15.1. The number of fused-ring (bicyclic) bond motifs is 1. The Bertz CT molecular complexity index is 2260. The van der Waals surface area contributed by atoms with Crippen molar-refractivity contribution in [3.63, 3.8) is 0 Å². The fourth-order valence-electron chi connectivity index (χ4n) is 12.5. The molecule has 6 rings (SSSR count). The fourth-order valence-corrected chi connectivity index (χ4v) is 12.8. The van der Waals surface area contributed by atoms with Crippen molar-refractivity contribution in [3.8, 4) is 0 Å². The number of cyclic esters (lactones) is 1. The molecule has 22 heteroatoms. The van der Waals surface area contributed by atoms with Gasteiger partial charge in [0.1, 0.15) is 35.4 Å². The SMILES string of the molecule is CC[C@H]1OC(=O)[C@H](C)[C@@H](O[C@H]2C[C@@](C)(OC)[C@@H](OC(=O)CCN(C)CCNc3cc4c(cc3Cl)N(C3CC3)CC(C(=O)O)C4=O)[C@H](C)O2)[C@H](C)[C@@H](O[C@@H]2O[C@H](C)C[C@H](N(C)C)[C@H]2O)[C@](C)(O)C[C@@H](C)CN(C)[C@H](C)[C@@H](O)[C@]1(C)O. The lowest BCUT2D eigenvalue weighted by Gasteiger charge is -2.49. The molecule has 4 heterocycles. The second-order valence-corrected chi connectivity index (χ2v) is 25.0. The summed E-state index contributed by atoms with van der Waals surface area (Å²) in [6, 6.07) is 2.63. The molecule has 0 amide bonds. The predicted molar refractivity (Wildman–Crippen MR) is 296 cm³/mol. The van der Waals surface area contributed by atoms with E-state index in [1.54, 1.807) is 60.6 Å². The van der Waals surface area contributed by atoms with Gasteiger partial charge >= 0.3 is 17.9 Å². The summed E-state index contributed by atoms with van der Waals surface area (Å²) >= 11 is 6.70. The summed E-state index contributed by atoms with van der Waals surface area (Å²) in [5.74, 6) is -6.14. The van der Waals surface area contributed by atoms with Crippen LogP contribution in [0, 0.1) is 23.7 Å². The molecule has 1 saturated carbocycles. The Morgan fingerprint density at radius 2 is 1.61 bits per heavy atom. The average Bonchev–Trinajstić information content (AvgIpc) is 4.28. The van der Waals surface area contributed by atoms with Crippen molar-refractivity contribution < 1.29 is 77.9 Å². The molecule has 79 heavy (non-hydrogen) atoms. The number of likely N-dealkylation sites (N-methyl/N-ethyl adjacent to an activating group) is 3. The van der Waals surface area contributed by atoms with Crippen molar-refractivity contribution in [2.45, 2.75) is 211 Å². The van der Waals surface area contributed by atoms with E-state index in [9.17, 15) is 44.7 Å². The van der Waals surface area contributed by atoms with Gasteiger partial charge in [0.25, 0.3) is 0 Å². The molecule has 4 aliphatic heterocycles. The highest BCUT2D eigenvalue weighted by Gasteiger charge is 2.54. The quantitative estimate of drug-likeness (QED) is 0.0933. The largest absolute Gasteiger partial charge is 0.481 e. The molecular formula is C57H94ClN5O16. The van der Waals surface area contributed by atoms with Crippen LogP contribution < -0.4 is 10.2 Å². The molecule has 4 fully saturated rings. The van der Waals surface area contributed by atoms with Crippen LogP contribution in [-0.2, 0) is 47.5 Å². The van der Waals surface area contributed by atoms with Gasteiger partial charge in [0.05, 0.1) is 53.1 Å². The van der Waals surface area contributed by atoms with Gasteiger partial charge in [0.15, 0.2) is 24.5 Å². The van der Waals surface area contributed by atoms with Crippen LogP contribution in [0.3, 0.4) is 0 Å². The van der Waals surface area contributed by atoms with Gasteiger partial charge in [-0.25, -0.2) is 0 Å². The number of aliphatic hydroxyl groups is 4. The highest BCUT2D eigenvalue weighted by Crippen LogP contribution is 2.44. The van der Waals surface area contributed by atoms with Crippen molar-refractivity contribution in [2.24, 2.45) is 23.7 Å². The van der Waals surface area contributed by atoms with Crippen LogP contribution in [0.4, 0.5) is 11.4 Å². The number of carboxylic acid groups (broad SMARTS) is 1.